The Bertz CT molecular complexity index is 351. The van der Waals surface area contributed by atoms with Crippen LogP contribution in [0.25, 0.3) is 0 Å². The number of nitrogens with one attached hydrogen (secondary N) is 1. The maximum atomic E-state index is 11.9. The van der Waals surface area contributed by atoms with E-state index in [0.29, 0.717) is 17.5 Å². The monoisotopic (exact) mass is 207 g/mol. The summed E-state index contributed by atoms with van der Waals surface area (Å²) >= 11 is 0. The number of carbonyl (C=O) groups excluding carboxylic acids is 1. The topological polar surface area (TPSA) is 58.4 Å². The van der Waals surface area contributed by atoms with Crippen LogP contribution in [0.4, 0.5) is 0 Å². The van der Waals surface area contributed by atoms with Crippen molar-refractivity contribution in [2.75, 3.05) is 26.2 Å². The molecule has 2 aliphatic rings. The molecular formula is C10H13N3O2. The maximum absolute atomic E-state index is 11.9. The number of fused-ring (bicyclic) bond motifs is 1. The second kappa shape index (κ2) is 3.34. The van der Waals surface area contributed by atoms with E-state index in [9.17, 15) is 4.79 Å². The van der Waals surface area contributed by atoms with Crippen LogP contribution in [0.1, 0.15) is 10.5 Å². The van der Waals surface area contributed by atoms with Crippen molar-refractivity contribution < 1.29 is 9.21 Å². The quantitative estimate of drug-likeness (QED) is 0.702. The molecule has 3 rings (SSSR count). The minimum Gasteiger partial charge on any atom is -0.451 e. The Morgan fingerprint density at radius 3 is 2.80 bits per heavy atom. The molecule has 0 spiro atoms. The number of amides is 1. The molecule has 2 unspecified atom stereocenters. The molecule has 5 nitrogen and oxygen atoms in total. The first-order valence-corrected chi connectivity index (χ1v) is 5.23. The minimum absolute atomic E-state index is 0.00171. The molecule has 0 aliphatic carbocycles. The van der Waals surface area contributed by atoms with E-state index in [1.54, 1.807) is 0 Å². The van der Waals surface area contributed by atoms with Gasteiger partial charge in [-0.15, -0.1) is 0 Å². The molecular weight excluding hydrogens is 194 g/mol. The van der Waals surface area contributed by atoms with Crippen molar-refractivity contribution in [1.29, 1.82) is 0 Å². The first-order valence-electron chi connectivity index (χ1n) is 5.23. The lowest BCUT2D eigenvalue weighted by Gasteiger charge is -2.15. The van der Waals surface area contributed by atoms with Gasteiger partial charge in [-0.2, -0.15) is 0 Å². The predicted molar refractivity (Wildman–Crippen MR) is 52.3 cm³/mol. The van der Waals surface area contributed by atoms with Crippen molar-refractivity contribution in [1.82, 2.24) is 15.2 Å². The molecule has 2 aliphatic heterocycles. The van der Waals surface area contributed by atoms with Gasteiger partial charge in [-0.3, -0.25) is 4.79 Å². The summed E-state index contributed by atoms with van der Waals surface area (Å²) in [4.78, 5) is 17.7. The summed E-state index contributed by atoms with van der Waals surface area (Å²) in [5, 5.41) is 3.35. The lowest BCUT2D eigenvalue weighted by atomic mass is 10.0. The van der Waals surface area contributed by atoms with Crippen LogP contribution in [0.3, 0.4) is 0 Å². The van der Waals surface area contributed by atoms with Crippen LogP contribution in [-0.4, -0.2) is 42.0 Å². The number of nitrogens with zero attached hydrogens (tertiary/aromatic N) is 2. The number of hydrogen-bond donors (Lipinski definition) is 1. The second-order valence-corrected chi connectivity index (χ2v) is 4.26. The Morgan fingerprint density at radius 2 is 2.20 bits per heavy atom. The van der Waals surface area contributed by atoms with E-state index >= 15 is 0 Å². The third-order valence-electron chi connectivity index (χ3n) is 3.33. The normalized spacial score (nSPS) is 29.5. The summed E-state index contributed by atoms with van der Waals surface area (Å²) in [6.07, 6.45) is 2.71. The second-order valence-electron chi connectivity index (χ2n) is 4.26. The molecule has 0 aromatic carbocycles. The average molecular weight is 207 g/mol. The number of oxazole rings is 1. The van der Waals surface area contributed by atoms with Crippen LogP contribution in [0, 0.1) is 11.8 Å². The molecule has 1 N–H and O–H groups in total. The molecule has 2 fully saturated rings. The minimum atomic E-state index is -0.00171. The van der Waals surface area contributed by atoms with E-state index < -0.39 is 0 Å². The van der Waals surface area contributed by atoms with Crippen LogP contribution < -0.4 is 5.32 Å². The van der Waals surface area contributed by atoms with Crippen molar-refractivity contribution in [3.05, 3.63) is 18.4 Å². The maximum Gasteiger partial charge on any atom is 0.275 e. The van der Waals surface area contributed by atoms with E-state index in [4.69, 9.17) is 4.42 Å². The third-order valence-corrected chi connectivity index (χ3v) is 3.33. The van der Waals surface area contributed by atoms with Crippen molar-refractivity contribution in [2.45, 2.75) is 0 Å². The summed E-state index contributed by atoms with van der Waals surface area (Å²) < 4.78 is 4.82. The Labute approximate surface area is 87.5 Å². The summed E-state index contributed by atoms with van der Waals surface area (Å²) in [6, 6.07) is 0. The van der Waals surface area contributed by atoms with Gasteiger partial charge in [0.25, 0.3) is 5.91 Å². The van der Waals surface area contributed by atoms with Gasteiger partial charge in [0.15, 0.2) is 12.1 Å². The largest absolute Gasteiger partial charge is 0.451 e. The molecule has 1 amide bonds. The van der Waals surface area contributed by atoms with E-state index in [1.807, 2.05) is 4.90 Å². The Morgan fingerprint density at radius 1 is 1.47 bits per heavy atom. The van der Waals surface area contributed by atoms with Crippen molar-refractivity contribution >= 4 is 5.91 Å². The van der Waals surface area contributed by atoms with Gasteiger partial charge in [0, 0.05) is 26.2 Å². The summed E-state index contributed by atoms with van der Waals surface area (Å²) in [5.74, 6) is 1.25. The molecule has 80 valence electrons. The van der Waals surface area contributed by atoms with Gasteiger partial charge in [0.2, 0.25) is 0 Å². The fourth-order valence-corrected chi connectivity index (χ4v) is 2.50. The average Bonchev–Trinajstić information content (AvgIpc) is 2.92. The zero-order chi connectivity index (χ0) is 10.3. The predicted octanol–water partition coefficient (Wildman–Crippen LogP) is -0.0340. The summed E-state index contributed by atoms with van der Waals surface area (Å²) in [7, 11) is 0. The highest BCUT2D eigenvalue weighted by atomic mass is 16.3. The molecule has 2 saturated heterocycles. The Kier molecular flexibility index (Phi) is 1.98. The number of hydrogen-bond acceptors (Lipinski definition) is 4. The van der Waals surface area contributed by atoms with Crippen LogP contribution in [-0.2, 0) is 0 Å². The van der Waals surface area contributed by atoms with E-state index in [-0.39, 0.29) is 5.91 Å². The lowest BCUT2D eigenvalue weighted by molar-refractivity contribution is 0.0776. The highest BCUT2D eigenvalue weighted by Crippen LogP contribution is 2.27. The van der Waals surface area contributed by atoms with Crippen LogP contribution in [0.5, 0.6) is 0 Å². The van der Waals surface area contributed by atoms with E-state index in [0.717, 1.165) is 26.2 Å². The molecule has 5 heteroatoms. The highest BCUT2D eigenvalue weighted by Gasteiger charge is 2.38. The molecule has 1 aromatic rings. The molecule has 15 heavy (non-hydrogen) atoms. The standard InChI is InChI=1S/C10H13N3O2/c14-10(9-5-15-6-12-9)13-3-7-1-11-2-8(7)4-13/h5-8,11H,1-4H2. The molecule has 0 bridgehead atoms. The van der Waals surface area contributed by atoms with Crippen LogP contribution >= 0.6 is 0 Å². The molecule has 0 radical (unpaired) electrons. The van der Waals surface area contributed by atoms with Crippen LogP contribution in [0.15, 0.2) is 17.1 Å². The SMILES string of the molecule is O=C(c1cocn1)N1CC2CNCC2C1. The summed E-state index contributed by atoms with van der Waals surface area (Å²) in [6.45, 7) is 3.77. The lowest BCUT2D eigenvalue weighted by Crippen LogP contribution is -2.32. The zero-order valence-corrected chi connectivity index (χ0v) is 8.35. The molecule has 3 heterocycles. The fourth-order valence-electron chi connectivity index (χ4n) is 2.50. The number of likely N-dealkylation sites (tertiary alicyclic amines) is 1. The van der Waals surface area contributed by atoms with Gasteiger partial charge in [-0.05, 0) is 11.8 Å². The van der Waals surface area contributed by atoms with Crippen LogP contribution in [0.2, 0.25) is 0 Å². The van der Waals surface area contributed by atoms with E-state index in [2.05, 4.69) is 10.3 Å². The fraction of sp³-hybridized carbons (Fsp3) is 0.600. The Balaban J connectivity index is 1.72. The van der Waals surface area contributed by atoms with Gasteiger partial charge in [0.1, 0.15) is 6.26 Å². The molecule has 0 saturated carbocycles. The van der Waals surface area contributed by atoms with Gasteiger partial charge in [-0.1, -0.05) is 0 Å². The van der Waals surface area contributed by atoms with E-state index in [1.165, 1.54) is 12.7 Å². The Hall–Kier alpha value is -1.36. The van der Waals surface area contributed by atoms with Crippen molar-refractivity contribution in [3.8, 4) is 0 Å². The van der Waals surface area contributed by atoms with Gasteiger partial charge in [-0.25, -0.2) is 4.98 Å². The molecule has 1 aromatic heterocycles. The van der Waals surface area contributed by atoms with Gasteiger partial charge < -0.3 is 14.6 Å². The van der Waals surface area contributed by atoms with Gasteiger partial charge >= 0.3 is 0 Å². The first kappa shape index (κ1) is 8.91. The van der Waals surface area contributed by atoms with Crippen molar-refractivity contribution in [3.63, 3.8) is 0 Å². The number of aromatic nitrogens is 1. The third kappa shape index (κ3) is 1.43. The van der Waals surface area contributed by atoms with Gasteiger partial charge in [0.05, 0.1) is 0 Å². The van der Waals surface area contributed by atoms with Crippen molar-refractivity contribution in [2.24, 2.45) is 11.8 Å². The molecule has 2 atom stereocenters. The summed E-state index contributed by atoms with van der Waals surface area (Å²) in [5.41, 5.74) is 0.419. The first-order chi connectivity index (χ1) is 7.34. The zero-order valence-electron chi connectivity index (χ0n) is 8.35. The number of rotatable bonds is 1. The smallest absolute Gasteiger partial charge is 0.275 e. The number of carbonyl (C=O) groups is 1. The highest BCUT2D eigenvalue weighted by molar-refractivity contribution is 5.92.